The molecule has 4 rings (SSSR count). The number of benzene rings is 2. The Morgan fingerprint density at radius 2 is 1.97 bits per heavy atom. The lowest BCUT2D eigenvalue weighted by Gasteiger charge is -2.25. The van der Waals surface area contributed by atoms with Crippen LogP contribution in [0.5, 0.6) is 5.75 Å². The predicted octanol–water partition coefficient (Wildman–Crippen LogP) is 3.62. The first-order valence-electron chi connectivity index (χ1n) is 11.2. The Bertz CT molecular complexity index is 1470. The Balaban J connectivity index is 1.89. The first kappa shape index (κ1) is 25.8. The molecule has 0 saturated heterocycles. The van der Waals surface area contributed by atoms with Crippen LogP contribution in [0, 0.1) is 5.82 Å². The van der Waals surface area contributed by atoms with E-state index in [1.807, 2.05) is 6.92 Å². The van der Waals surface area contributed by atoms with E-state index in [0.717, 1.165) is 11.3 Å². The summed E-state index contributed by atoms with van der Waals surface area (Å²) in [6.07, 6.45) is 1.41. The lowest BCUT2D eigenvalue weighted by Crippen LogP contribution is -2.40. The number of esters is 1. The van der Waals surface area contributed by atoms with Crippen LogP contribution in [-0.2, 0) is 14.3 Å². The van der Waals surface area contributed by atoms with Gasteiger partial charge in [-0.05, 0) is 49.8 Å². The summed E-state index contributed by atoms with van der Waals surface area (Å²) < 4.78 is 32.0. The van der Waals surface area contributed by atoms with Crippen LogP contribution in [0.25, 0.3) is 6.08 Å². The van der Waals surface area contributed by atoms with E-state index >= 15 is 0 Å². The van der Waals surface area contributed by atoms with Gasteiger partial charge < -0.3 is 14.2 Å². The van der Waals surface area contributed by atoms with Gasteiger partial charge in [-0.2, -0.15) is 0 Å². The number of hydrogen-bond acceptors (Lipinski definition) is 7. The third-order valence-corrected chi connectivity index (χ3v) is 6.86. The molecule has 0 spiro atoms. The number of halogens is 2. The number of aromatic nitrogens is 1. The second kappa shape index (κ2) is 11.2. The first-order valence-corrected chi connectivity index (χ1v) is 12.4. The highest BCUT2D eigenvalue weighted by Gasteiger charge is 2.33. The maximum absolute atomic E-state index is 14.4. The van der Waals surface area contributed by atoms with E-state index in [4.69, 9.17) is 25.8 Å². The summed E-state index contributed by atoms with van der Waals surface area (Å²) in [4.78, 5) is 31.7. The van der Waals surface area contributed by atoms with Crippen LogP contribution in [0.3, 0.4) is 0 Å². The van der Waals surface area contributed by atoms with Crippen molar-refractivity contribution in [2.45, 2.75) is 19.9 Å². The van der Waals surface area contributed by atoms with Crippen molar-refractivity contribution in [3.8, 4) is 5.75 Å². The number of allylic oxidation sites excluding steroid dienone is 1. The minimum Gasteiger partial charge on any atom is -0.494 e. The topological polar surface area (TPSA) is 79.1 Å². The number of hydrogen-bond donors (Lipinski definition) is 0. The van der Waals surface area contributed by atoms with Gasteiger partial charge in [-0.1, -0.05) is 41.1 Å². The molecule has 3 aromatic rings. The number of rotatable bonds is 8. The highest BCUT2D eigenvalue weighted by Crippen LogP contribution is 2.31. The molecule has 0 radical (unpaired) electrons. The molecule has 0 fully saturated rings. The average molecular weight is 531 g/mol. The standard InChI is InChI=1S/C26H24ClFN2O5S/c1-4-34-17-10-8-16(9-11-17)23-22(25(32)35-13-12-33-3)15(2)29-26-30(23)24(31)21(36-26)14-18-19(27)6-5-7-20(18)28/h5-11,14,23H,4,12-13H2,1-3H3/b21-14-. The normalized spacial score (nSPS) is 15.5. The van der Waals surface area contributed by atoms with Gasteiger partial charge in [-0.3, -0.25) is 9.36 Å². The second-order valence-electron chi connectivity index (χ2n) is 7.85. The van der Waals surface area contributed by atoms with Gasteiger partial charge in [-0.25, -0.2) is 14.2 Å². The molecule has 1 unspecified atom stereocenters. The van der Waals surface area contributed by atoms with E-state index in [0.29, 0.717) is 28.4 Å². The molecule has 188 valence electrons. The minimum atomic E-state index is -0.801. The summed E-state index contributed by atoms with van der Waals surface area (Å²) in [5.74, 6) is -0.485. The molecule has 36 heavy (non-hydrogen) atoms. The molecule has 0 bridgehead atoms. The molecule has 2 heterocycles. The molecule has 1 atom stereocenters. The molecule has 1 aliphatic rings. The lowest BCUT2D eigenvalue weighted by atomic mass is 9.96. The Morgan fingerprint density at radius 3 is 2.64 bits per heavy atom. The third kappa shape index (κ3) is 5.13. The number of nitrogens with zero attached hydrogens (tertiary/aromatic N) is 2. The zero-order chi connectivity index (χ0) is 25.8. The monoisotopic (exact) mass is 530 g/mol. The predicted molar refractivity (Wildman–Crippen MR) is 136 cm³/mol. The Morgan fingerprint density at radius 1 is 1.22 bits per heavy atom. The van der Waals surface area contributed by atoms with Crippen LogP contribution in [0.1, 0.15) is 31.0 Å². The van der Waals surface area contributed by atoms with Crippen molar-refractivity contribution in [2.75, 3.05) is 26.9 Å². The van der Waals surface area contributed by atoms with Gasteiger partial charge in [0.05, 0.1) is 40.1 Å². The molecule has 0 amide bonds. The third-order valence-electron chi connectivity index (χ3n) is 5.54. The minimum absolute atomic E-state index is 0.0539. The van der Waals surface area contributed by atoms with Crippen LogP contribution in [-0.4, -0.2) is 37.5 Å². The van der Waals surface area contributed by atoms with E-state index < -0.39 is 23.4 Å². The van der Waals surface area contributed by atoms with E-state index in [1.165, 1.54) is 29.9 Å². The Labute approximate surface area is 215 Å². The summed E-state index contributed by atoms with van der Waals surface area (Å²) in [6, 6.07) is 10.7. The van der Waals surface area contributed by atoms with Crippen molar-refractivity contribution in [2.24, 2.45) is 4.99 Å². The van der Waals surface area contributed by atoms with Crippen LogP contribution < -0.4 is 19.6 Å². The van der Waals surface area contributed by atoms with Gasteiger partial charge in [0.1, 0.15) is 18.2 Å². The van der Waals surface area contributed by atoms with Crippen molar-refractivity contribution in [3.05, 3.63) is 95.4 Å². The highest BCUT2D eigenvalue weighted by atomic mass is 35.5. The molecular weight excluding hydrogens is 507 g/mol. The number of fused-ring (bicyclic) bond motifs is 1. The SMILES string of the molecule is CCOc1ccc(C2C(C(=O)OCCOC)=C(C)N=c3s/c(=C\c4c(F)cccc4Cl)c(=O)n32)cc1. The molecule has 0 N–H and O–H groups in total. The fraction of sp³-hybridized carbons (Fsp3) is 0.269. The van der Waals surface area contributed by atoms with Crippen LogP contribution in [0.2, 0.25) is 5.02 Å². The molecule has 1 aromatic heterocycles. The van der Waals surface area contributed by atoms with E-state index in [1.54, 1.807) is 37.3 Å². The van der Waals surface area contributed by atoms with Gasteiger partial charge in [0.2, 0.25) is 0 Å². The largest absolute Gasteiger partial charge is 0.494 e. The molecule has 0 saturated carbocycles. The summed E-state index contributed by atoms with van der Waals surface area (Å²) in [5.41, 5.74) is 1.01. The Kier molecular flexibility index (Phi) is 8.03. The van der Waals surface area contributed by atoms with Crippen molar-refractivity contribution < 1.29 is 23.4 Å². The molecule has 7 nitrogen and oxygen atoms in total. The average Bonchev–Trinajstić information content (AvgIpc) is 3.16. The van der Waals surface area contributed by atoms with Gasteiger partial charge in [-0.15, -0.1) is 0 Å². The second-order valence-corrected chi connectivity index (χ2v) is 9.26. The molecular formula is C26H24ClFN2O5S. The lowest BCUT2D eigenvalue weighted by molar-refractivity contribution is -0.140. The fourth-order valence-electron chi connectivity index (χ4n) is 3.89. The zero-order valence-corrected chi connectivity index (χ0v) is 21.5. The zero-order valence-electron chi connectivity index (χ0n) is 19.9. The van der Waals surface area contributed by atoms with E-state index in [9.17, 15) is 14.0 Å². The van der Waals surface area contributed by atoms with Crippen molar-refractivity contribution in [1.29, 1.82) is 0 Å². The first-order chi connectivity index (χ1) is 17.3. The number of carbonyl (C=O) groups excluding carboxylic acids is 1. The quantitative estimate of drug-likeness (QED) is 0.328. The van der Waals surface area contributed by atoms with Crippen molar-refractivity contribution in [1.82, 2.24) is 4.57 Å². The van der Waals surface area contributed by atoms with E-state index in [2.05, 4.69) is 4.99 Å². The summed E-state index contributed by atoms with van der Waals surface area (Å²) in [6.45, 7) is 4.37. The fourth-order valence-corrected chi connectivity index (χ4v) is 5.13. The van der Waals surface area contributed by atoms with Gasteiger partial charge in [0.25, 0.3) is 5.56 Å². The number of methoxy groups -OCH3 is 1. The molecule has 2 aromatic carbocycles. The molecule has 0 aliphatic carbocycles. The number of carbonyl (C=O) groups is 1. The summed E-state index contributed by atoms with van der Waals surface area (Å²) in [7, 11) is 1.51. The number of ether oxygens (including phenoxy) is 3. The van der Waals surface area contributed by atoms with Gasteiger partial charge in [0.15, 0.2) is 4.80 Å². The van der Waals surface area contributed by atoms with Crippen LogP contribution in [0.4, 0.5) is 4.39 Å². The highest BCUT2D eigenvalue weighted by molar-refractivity contribution is 7.07. The Hall–Kier alpha value is -3.27. The van der Waals surface area contributed by atoms with Crippen molar-refractivity contribution in [3.63, 3.8) is 0 Å². The molecule has 10 heteroatoms. The number of thiazole rings is 1. The van der Waals surface area contributed by atoms with E-state index in [-0.39, 0.29) is 33.9 Å². The van der Waals surface area contributed by atoms with Crippen molar-refractivity contribution >= 4 is 35.0 Å². The van der Waals surface area contributed by atoms with Crippen LogP contribution in [0.15, 0.2) is 63.5 Å². The van der Waals surface area contributed by atoms with Crippen LogP contribution >= 0.6 is 22.9 Å². The van der Waals surface area contributed by atoms with Gasteiger partial charge >= 0.3 is 5.97 Å². The molecule has 1 aliphatic heterocycles. The maximum Gasteiger partial charge on any atom is 0.338 e. The summed E-state index contributed by atoms with van der Waals surface area (Å²) >= 11 is 7.28. The maximum atomic E-state index is 14.4. The van der Waals surface area contributed by atoms with Gasteiger partial charge in [0, 0.05) is 12.7 Å². The smallest absolute Gasteiger partial charge is 0.338 e. The summed E-state index contributed by atoms with van der Waals surface area (Å²) in [5, 5.41) is 0.183.